The van der Waals surface area contributed by atoms with Crippen molar-refractivity contribution in [2.24, 2.45) is 0 Å². The summed E-state index contributed by atoms with van der Waals surface area (Å²) in [6.07, 6.45) is 2.50. The Labute approximate surface area is 149 Å². The zero-order valence-corrected chi connectivity index (χ0v) is 19.1. The topological polar surface area (TPSA) is 0 Å². The molecule has 0 nitrogen and oxygen atoms in total. The molecule has 0 aromatic rings. The minimum absolute atomic E-state index is 0. The lowest BCUT2D eigenvalue weighted by atomic mass is 10.6. The van der Waals surface area contributed by atoms with Crippen molar-refractivity contribution < 1.29 is 0 Å². The maximum atomic E-state index is 2.12. The summed E-state index contributed by atoms with van der Waals surface area (Å²) in [6, 6.07) is 0. The van der Waals surface area contributed by atoms with Gasteiger partial charge < -0.3 is 0 Å². The first-order valence-electron chi connectivity index (χ1n) is 8.83. The van der Waals surface area contributed by atoms with Gasteiger partial charge in [-0.15, -0.1) is 0 Å². The summed E-state index contributed by atoms with van der Waals surface area (Å²) in [4.78, 5) is 0. The lowest BCUT2D eigenvalue weighted by molar-refractivity contribution is 1.09. The predicted molar refractivity (Wildman–Crippen MR) is 117 cm³/mol. The zero-order valence-electron chi connectivity index (χ0n) is 19.1. The van der Waals surface area contributed by atoms with Gasteiger partial charge in [0.15, 0.2) is 0 Å². The molecule has 0 heterocycles. The molecule has 0 N–H and O–H groups in total. The van der Waals surface area contributed by atoms with E-state index >= 15 is 0 Å². The zero-order chi connectivity index (χ0) is 17.4. The second-order valence-corrected chi connectivity index (χ2v) is 1.41. The van der Waals surface area contributed by atoms with Crippen molar-refractivity contribution in [3.8, 4) is 0 Å². The lowest BCUT2D eigenvalue weighted by Crippen LogP contribution is -1.27. The molecule has 0 bridgehead atoms. The van der Waals surface area contributed by atoms with Crippen LogP contribution in [0.2, 0.25) is 0 Å². The van der Waals surface area contributed by atoms with Gasteiger partial charge in [-0.1, -0.05) is 124 Å². The van der Waals surface area contributed by atoms with Gasteiger partial charge in [-0.3, -0.25) is 0 Å². The van der Waals surface area contributed by atoms with Crippen LogP contribution in [0.15, 0.2) is 0 Å². The molecule has 0 saturated carbocycles. The predicted octanol–water partition coefficient (Wildman–Crippen LogP) is 7.85. The van der Waals surface area contributed by atoms with Crippen molar-refractivity contribution in [1.29, 1.82) is 0 Å². The molecular formula is C18H52B3. The van der Waals surface area contributed by atoms with E-state index in [2.05, 4.69) is 27.7 Å². The second kappa shape index (κ2) is 1540. The lowest BCUT2D eigenvalue weighted by Gasteiger charge is -1.48. The average molecular weight is 301 g/mol. The third-order valence-corrected chi connectivity index (χ3v) is 0. The first-order chi connectivity index (χ1) is 8.83. The summed E-state index contributed by atoms with van der Waals surface area (Å²) < 4.78 is 0. The number of hydrogen-bond acceptors (Lipinski definition) is 0. The molecule has 0 fully saturated rings. The van der Waals surface area contributed by atoms with Crippen LogP contribution < -0.4 is 0 Å². The first kappa shape index (κ1) is 83.2. The van der Waals surface area contributed by atoms with E-state index in [0.29, 0.717) is 0 Å². The largest absolute Gasteiger partial charge is 0.0683 e. The average Bonchev–Trinajstić information content (AvgIpc) is 2.52. The maximum absolute atomic E-state index is 2.12. The summed E-state index contributed by atoms with van der Waals surface area (Å²) in [6.45, 7) is 32.5. The van der Waals surface area contributed by atoms with Gasteiger partial charge in [-0.05, 0) is 0 Å². The Kier molecular flexibility index (Phi) is 6120. The van der Waals surface area contributed by atoms with E-state index in [0.717, 1.165) is 0 Å². The van der Waals surface area contributed by atoms with Crippen LogP contribution in [0.1, 0.15) is 124 Å². The molecule has 0 unspecified atom stereocenters. The van der Waals surface area contributed by atoms with Crippen molar-refractivity contribution in [2.45, 2.75) is 124 Å². The molecule has 133 valence electrons. The highest BCUT2D eigenvalue weighted by Crippen LogP contribution is 1.56. The molecule has 0 aliphatic rings. The minimum atomic E-state index is 0. The Balaban J connectivity index is -0.00000000598. The minimum Gasteiger partial charge on any atom is -0.0683 e. The molecule has 3 heteroatoms. The van der Waals surface area contributed by atoms with Crippen LogP contribution in [0, 0.1) is 0 Å². The van der Waals surface area contributed by atoms with Crippen molar-refractivity contribution in [2.75, 3.05) is 0 Å². The van der Waals surface area contributed by atoms with Crippen LogP contribution >= 0.6 is 0 Å². The molecular weight excluding hydrogens is 249 g/mol. The molecule has 21 heavy (non-hydrogen) atoms. The molecule has 0 spiro atoms. The maximum Gasteiger partial charge on any atom is 0 e. The standard InChI is InChI=1S/2C3H8.6C2H6.3B/c2*1-3-2;6*1-2;;;/h2*3H2,1-2H3;6*1-2H3;;;. The Morgan fingerprint density at radius 2 is 0.286 bits per heavy atom. The van der Waals surface area contributed by atoms with E-state index in [1.165, 1.54) is 12.8 Å². The van der Waals surface area contributed by atoms with Gasteiger partial charge in [0.25, 0.3) is 0 Å². The SMILES string of the molecule is CC.CC.CC.CC.CC.CC.CCC.CCC.[B].[B].[B]. The van der Waals surface area contributed by atoms with Crippen LogP contribution in [0.3, 0.4) is 0 Å². The van der Waals surface area contributed by atoms with E-state index in [1.807, 2.05) is 83.1 Å². The number of rotatable bonds is 0. The van der Waals surface area contributed by atoms with Crippen molar-refractivity contribution in [1.82, 2.24) is 0 Å². The Morgan fingerprint density at radius 3 is 0.286 bits per heavy atom. The van der Waals surface area contributed by atoms with Gasteiger partial charge >= 0.3 is 0 Å². The quantitative estimate of drug-likeness (QED) is 0.399. The van der Waals surface area contributed by atoms with Gasteiger partial charge in [-0.2, -0.15) is 0 Å². The van der Waals surface area contributed by atoms with Crippen LogP contribution in [-0.4, -0.2) is 25.2 Å². The summed E-state index contributed by atoms with van der Waals surface area (Å²) in [5, 5.41) is 0. The van der Waals surface area contributed by atoms with Gasteiger partial charge in [0.2, 0.25) is 0 Å². The van der Waals surface area contributed by atoms with Crippen LogP contribution in [0.25, 0.3) is 0 Å². The summed E-state index contributed by atoms with van der Waals surface area (Å²) in [5.41, 5.74) is 0. The highest BCUT2D eigenvalue weighted by Gasteiger charge is 1.36. The van der Waals surface area contributed by atoms with E-state index in [-0.39, 0.29) is 25.2 Å². The molecule has 9 radical (unpaired) electrons. The van der Waals surface area contributed by atoms with E-state index in [9.17, 15) is 0 Å². The third kappa shape index (κ3) is 176000. The Hall–Kier alpha value is 0.195. The summed E-state index contributed by atoms with van der Waals surface area (Å²) >= 11 is 0. The molecule has 0 saturated heterocycles. The molecule has 0 atom stereocenters. The first-order valence-corrected chi connectivity index (χ1v) is 8.83. The summed E-state index contributed by atoms with van der Waals surface area (Å²) in [5.74, 6) is 0. The highest BCUT2D eigenvalue weighted by atomic mass is 13.4. The molecule has 0 aliphatic carbocycles. The van der Waals surface area contributed by atoms with Gasteiger partial charge in [0.05, 0.1) is 0 Å². The third-order valence-electron chi connectivity index (χ3n) is 0. The monoisotopic (exact) mass is 301 g/mol. The van der Waals surface area contributed by atoms with Crippen molar-refractivity contribution >= 4 is 25.2 Å². The van der Waals surface area contributed by atoms with E-state index < -0.39 is 0 Å². The van der Waals surface area contributed by atoms with Crippen LogP contribution in [-0.2, 0) is 0 Å². The molecule has 0 aromatic carbocycles. The molecule has 0 aromatic heterocycles. The van der Waals surface area contributed by atoms with Gasteiger partial charge in [-0.25, -0.2) is 0 Å². The van der Waals surface area contributed by atoms with Crippen molar-refractivity contribution in [3.63, 3.8) is 0 Å². The molecule has 0 amide bonds. The van der Waals surface area contributed by atoms with E-state index in [4.69, 9.17) is 0 Å². The summed E-state index contributed by atoms with van der Waals surface area (Å²) in [7, 11) is 0. The fraction of sp³-hybridized carbons (Fsp3) is 1.00. The van der Waals surface area contributed by atoms with Crippen LogP contribution in [0.5, 0.6) is 0 Å². The van der Waals surface area contributed by atoms with Gasteiger partial charge in [0.1, 0.15) is 0 Å². The number of hydrogen-bond donors (Lipinski definition) is 0. The smallest absolute Gasteiger partial charge is 0 e. The normalized spacial score (nSPS) is 3.43. The van der Waals surface area contributed by atoms with E-state index in [1.54, 1.807) is 0 Å². The Bertz CT molecular complexity index is 14.4. The van der Waals surface area contributed by atoms with Crippen LogP contribution in [0.4, 0.5) is 0 Å². The second-order valence-electron chi connectivity index (χ2n) is 1.41. The molecule has 0 rings (SSSR count). The van der Waals surface area contributed by atoms with Crippen molar-refractivity contribution in [3.05, 3.63) is 0 Å². The fourth-order valence-electron chi connectivity index (χ4n) is 0. The molecule has 0 aliphatic heterocycles. The fourth-order valence-corrected chi connectivity index (χ4v) is 0. The Morgan fingerprint density at radius 1 is 0.286 bits per heavy atom. The highest BCUT2D eigenvalue weighted by molar-refractivity contribution is 5.76. The van der Waals surface area contributed by atoms with Gasteiger partial charge in [0, 0.05) is 25.2 Å².